The SMILES string of the molecule is COc1ccc([C@@H](CC(C)C)NC(=O)c2ccc(OCCSc3ccccc3)cc2)cc1. The van der Waals surface area contributed by atoms with Crippen molar-refractivity contribution in [2.45, 2.75) is 31.2 Å². The standard InChI is InChI=1S/C27H31NO3S/c1-20(2)19-26(21-9-13-23(30-3)14-10-21)28-27(29)22-11-15-24(16-12-22)31-17-18-32-25-7-5-4-6-8-25/h4-16,20,26H,17-19H2,1-3H3,(H,28,29)/t26-/m1/s1. The van der Waals surface area contributed by atoms with Gasteiger partial charge in [0.1, 0.15) is 11.5 Å². The van der Waals surface area contributed by atoms with E-state index in [4.69, 9.17) is 9.47 Å². The van der Waals surface area contributed by atoms with Crippen molar-refractivity contribution in [3.63, 3.8) is 0 Å². The van der Waals surface area contributed by atoms with E-state index in [1.165, 1.54) is 4.90 Å². The minimum absolute atomic E-state index is 0.0562. The van der Waals surface area contributed by atoms with Gasteiger partial charge in [-0.3, -0.25) is 4.79 Å². The summed E-state index contributed by atoms with van der Waals surface area (Å²) in [7, 11) is 1.65. The highest BCUT2D eigenvalue weighted by Crippen LogP contribution is 2.24. The molecule has 0 bridgehead atoms. The Kier molecular flexibility index (Phi) is 9.05. The van der Waals surface area contributed by atoms with Crippen molar-refractivity contribution >= 4 is 17.7 Å². The van der Waals surface area contributed by atoms with E-state index in [9.17, 15) is 4.79 Å². The molecule has 0 aliphatic carbocycles. The summed E-state index contributed by atoms with van der Waals surface area (Å²) in [5.74, 6) is 2.81. The molecule has 0 aliphatic heterocycles. The summed E-state index contributed by atoms with van der Waals surface area (Å²) < 4.78 is 11.1. The number of hydrogen-bond acceptors (Lipinski definition) is 4. The zero-order chi connectivity index (χ0) is 22.8. The van der Waals surface area contributed by atoms with Crippen LogP contribution in [-0.2, 0) is 0 Å². The van der Waals surface area contributed by atoms with Crippen molar-refractivity contribution in [2.75, 3.05) is 19.5 Å². The van der Waals surface area contributed by atoms with Crippen molar-refractivity contribution in [3.05, 3.63) is 90.0 Å². The van der Waals surface area contributed by atoms with Crippen LogP contribution in [0.1, 0.15) is 42.2 Å². The van der Waals surface area contributed by atoms with Crippen LogP contribution in [0.5, 0.6) is 11.5 Å². The monoisotopic (exact) mass is 449 g/mol. The molecule has 3 rings (SSSR count). The highest BCUT2D eigenvalue weighted by atomic mass is 32.2. The predicted molar refractivity (Wildman–Crippen MR) is 132 cm³/mol. The van der Waals surface area contributed by atoms with Gasteiger partial charge in [-0.2, -0.15) is 0 Å². The molecule has 0 radical (unpaired) electrons. The Balaban J connectivity index is 1.54. The first kappa shape index (κ1) is 23.7. The fourth-order valence-corrected chi connectivity index (χ4v) is 4.12. The minimum Gasteiger partial charge on any atom is -0.497 e. The van der Waals surface area contributed by atoms with Gasteiger partial charge < -0.3 is 14.8 Å². The number of methoxy groups -OCH3 is 1. The normalized spacial score (nSPS) is 11.8. The first-order valence-corrected chi connectivity index (χ1v) is 11.9. The highest BCUT2D eigenvalue weighted by molar-refractivity contribution is 7.99. The molecule has 1 amide bonds. The largest absolute Gasteiger partial charge is 0.497 e. The van der Waals surface area contributed by atoms with Crippen LogP contribution in [0.4, 0.5) is 0 Å². The number of hydrogen-bond donors (Lipinski definition) is 1. The number of carbonyl (C=O) groups excluding carboxylic acids is 1. The number of nitrogens with one attached hydrogen (secondary N) is 1. The van der Waals surface area contributed by atoms with Crippen LogP contribution in [0.3, 0.4) is 0 Å². The van der Waals surface area contributed by atoms with Gasteiger partial charge in [-0.15, -0.1) is 11.8 Å². The quantitative estimate of drug-likeness (QED) is 0.272. The van der Waals surface area contributed by atoms with Gasteiger partial charge in [-0.25, -0.2) is 0 Å². The molecule has 0 fully saturated rings. The molecule has 1 N–H and O–H groups in total. The van der Waals surface area contributed by atoms with Gasteiger partial charge in [0.2, 0.25) is 0 Å². The Labute approximate surface area is 195 Å². The number of ether oxygens (including phenoxy) is 2. The van der Waals surface area contributed by atoms with E-state index in [2.05, 4.69) is 31.3 Å². The lowest BCUT2D eigenvalue weighted by molar-refractivity contribution is 0.0932. The zero-order valence-electron chi connectivity index (χ0n) is 18.9. The van der Waals surface area contributed by atoms with Gasteiger partial charge in [-0.1, -0.05) is 44.2 Å². The van der Waals surface area contributed by atoms with E-state index in [1.807, 2.05) is 66.7 Å². The summed E-state index contributed by atoms with van der Waals surface area (Å²) in [6, 6.07) is 25.4. The lowest BCUT2D eigenvalue weighted by atomic mass is 9.96. The van der Waals surface area contributed by atoms with E-state index in [0.717, 1.165) is 29.2 Å². The second-order valence-electron chi connectivity index (χ2n) is 7.96. The molecule has 0 aromatic heterocycles. The highest BCUT2D eigenvalue weighted by Gasteiger charge is 2.17. The van der Waals surface area contributed by atoms with Gasteiger partial charge in [0.15, 0.2) is 0 Å². The topological polar surface area (TPSA) is 47.6 Å². The lowest BCUT2D eigenvalue weighted by Crippen LogP contribution is -2.29. The lowest BCUT2D eigenvalue weighted by Gasteiger charge is -2.21. The van der Waals surface area contributed by atoms with Crippen LogP contribution in [-0.4, -0.2) is 25.4 Å². The number of rotatable bonds is 11. The number of benzene rings is 3. The third-order valence-electron chi connectivity index (χ3n) is 5.01. The van der Waals surface area contributed by atoms with Gasteiger partial charge in [-0.05, 0) is 66.4 Å². The van der Waals surface area contributed by atoms with Crippen LogP contribution in [0.15, 0.2) is 83.8 Å². The molecule has 3 aromatic carbocycles. The van der Waals surface area contributed by atoms with Crippen molar-refractivity contribution in [2.24, 2.45) is 5.92 Å². The molecule has 1 atom stereocenters. The fourth-order valence-electron chi connectivity index (χ4n) is 3.37. The predicted octanol–water partition coefficient (Wildman–Crippen LogP) is 6.38. The molecule has 0 spiro atoms. The Bertz CT molecular complexity index is 956. The molecule has 0 saturated carbocycles. The molecule has 0 heterocycles. The van der Waals surface area contributed by atoms with Crippen molar-refractivity contribution < 1.29 is 14.3 Å². The van der Waals surface area contributed by atoms with Gasteiger partial charge in [0, 0.05) is 16.2 Å². The molecule has 168 valence electrons. The molecular formula is C27H31NO3S. The number of thioether (sulfide) groups is 1. The van der Waals surface area contributed by atoms with Crippen LogP contribution in [0.2, 0.25) is 0 Å². The van der Waals surface area contributed by atoms with Gasteiger partial charge >= 0.3 is 0 Å². The molecule has 4 nitrogen and oxygen atoms in total. The van der Waals surface area contributed by atoms with Crippen molar-refractivity contribution in [3.8, 4) is 11.5 Å². The average Bonchev–Trinajstić information content (AvgIpc) is 2.82. The number of carbonyl (C=O) groups is 1. The van der Waals surface area contributed by atoms with E-state index in [0.29, 0.717) is 18.1 Å². The summed E-state index contributed by atoms with van der Waals surface area (Å²) in [5.41, 5.74) is 1.70. The molecule has 3 aromatic rings. The van der Waals surface area contributed by atoms with Crippen molar-refractivity contribution in [1.82, 2.24) is 5.32 Å². The average molecular weight is 450 g/mol. The van der Waals surface area contributed by atoms with Crippen LogP contribution in [0.25, 0.3) is 0 Å². The smallest absolute Gasteiger partial charge is 0.251 e. The first-order chi connectivity index (χ1) is 15.5. The Hall–Kier alpha value is -2.92. The van der Waals surface area contributed by atoms with Crippen LogP contribution >= 0.6 is 11.8 Å². The maximum Gasteiger partial charge on any atom is 0.251 e. The third kappa shape index (κ3) is 7.34. The summed E-state index contributed by atoms with van der Waals surface area (Å²) in [4.78, 5) is 14.1. The summed E-state index contributed by atoms with van der Waals surface area (Å²) in [6.45, 7) is 4.93. The Morgan fingerprint density at radius 1 is 0.906 bits per heavy atom. The molecular weight excluding hydrogens is 418 g/mol. The van der Waals surface area contributed by atoms with E-state index < -0.39 is 0 Å². The number of amides is 1. The summed E-state index contributed by atoms with van der Waals surface area (Å²) in [5, 5.41) is 3.18. The van der Waals surface area contributed by atoms with E-state index in [-0.39, 0.29) is 11.9 Å². The maximum atomic E-state index is 12.9. The summed E-state index contributed by atoms with van der Waals surface area (Å²) in [6.07, 6.45) is 0.859. The Morgan fingerprint density at radius 3 is 2.19 bits per heavy atom. The molecule has 0 aliphatic rings. The minimum atomic E-state index is -0.0855. The third-order valence-corrected chi connectivity index (χ3v) is 5.99. The second kappa shape index (κ2) is 12.2. The second-order valence-corrected chi connectivity index (χ2v) is 9.13. The molecule has 0 unspecified atom stereocenters. The fraction of sp³-hybridized carbons (Fsp3) is 0.296. The van der Waals surface area contributed by atoms with E-state index in [1.54, 1.807) is 18.9 Å². The van der Waals surface area contributed by atoms with Crippen LogP contribution in [0, 0.1) is 5.92 Å². The Morgan fingerprint density at radius 2 is 1.56 bits per heavy atom. The maximum absolute atomic E-state index is 12.9. The molecule has 0 saturated heterocycles. The first-order valence-electron chi connectivity index (χ1n) is 10.9. The van der Waals surface area contributed by atoms with Crippen molar-refractivity contribution in [1.29, 1.82) is 0 Å². The van der Waals surface area contributed by atoms with Crippen LogP contribution < -0.4 is 14.8 Å². The zero-order valence-corrected chi connectivity index (χ0v) is 19.7. The van der Waals surface area contributed by atoms with E-state index >= 15 is 0 Å². The van der Waals surface area contributed by atoms with Gasteiger partial charge in [0.05, 0.1) is 19.8 Å². The summed E-state index contributed by atoms with van der Waals surface area (Å²) >= 11 is 1.76. The van der Waals surface area contributed by atoms with Gasteiger partial charge in [0.25, 0.3) is 5.91 Å². The molecule has 32 heavy (non-hydrogen) atoms. The molecule has 5 heteroatoms.